The summed E-state index contributed by atoms with van der Waals surface area (Å²) in [7, 11) is 0. The van der Waals surface area contributed by atoms with E-state index in [0.717, 1.165) is 42.6 Å². The van der Waals surface area contributed by atoms with Crippen LogP contribution in [0.15, 0.2) is 18.2 Å². The minimum Gasteiger partial charge on any atom is -0.339 e. The van der Waals surface area contributed by atoms with Gasteiger partial charge in [-0.25, -0.2) is 0 Å². The Bertz CT molecular complexity index is 587. The van der Waals surface area contributed by atoms with Gasteiger partial charge in [-0.15, -0.1) is 0 Å². The quantitative estimate of drug-likeness (QED) is 0.928. The van der Waals surface area contributed by atoms with Crippen molar-refractivity contribution in [2.45, 2.75) is 51.6 Å². The summed E-state index contributed by atoms with van der Waals surface area (Å²) in [6.07, 6.45) is 3.02. The van der Waals surface area contributed by atoms with E-state index in [0.29, 0.717) is 24.9 Å². The summed E-state index contributed by atoms with van der Waals surface area (Å²) in [6.45, 7) is 5.92. The zero-order valence-electron chi connectivity index (χ0n) is 13.4. The molecule has 1 N–H and O–H groups in total. The van der Waals surface area contributed by atoms with E-state index in [9.17, 15) is 9.59 Å². The third-order valence-electron chi connectivity index (χ3n) is 4.58. The lowest BCUT2D eigenvalue weighted by atomic mass is 10.0. The molecular weight excluding hydrogens is 276 g/mol. The predicted molar refractivity (Wildman–Crippen MR) is 86.1 cm³/mol. The SMILES string of the molecule is CC(C)NC1CCN(C(=O)c2ccc3c(c2)CC(=O)C3)CC1. The number of fused-ring (bicyclic) bond motifs is 1. The molecule has 1 amide bonds. The van der Waals surface area contributed by atoms with Crippen LogP contribution in [0.25, 0.3) is 0 Å². The number of carbonyl (C=O) groups excluding carboxylic acids is 2. The fraction of sp³-hybridized carbons (Fsp3) is 0.556. The summed E-state index contributed by atoms with van der Waals surface area (Å²) in [5.41, 5.74) is 2.84. The van der Waals surface area contributed by atoms with Crippen molar-refractivity contribution in [3.8, 4) is 0 Å². The Morgan fingerprint density at radius 2 is 1.86 bits per heavy atom. The number of nitrogens with one attached hydrogen (secondary N) is 1. The smallest absolute Gasteiger partial charge is 0.253 e. The molecule has 0 atom stereocenters. The molecule has 0 bridgehead atoms. The van der Waals surface area contributed by atoms with Crippen molar-refractivity contribution in [1.29, 1.82) is 0 Å². The van der Waals surface area contributed by atoms with E-state index in [1.807, 2.05) is 23.1 Å². The predicted octanol–water partition coefficient (Wildman–Crippen LogP) is 1.96. The van der Waals surface area contributed by atoms with E-state index in [2.05, 4.69) is 19.2 Å². The van der Waals surface area contributed by atoms with Crippen LogP contribution in [0, 0.1) is 0 Å². The summed E-state index contributed by atoms with van der Waals surface area (Å²) in [4.78, 5) is 26.1. The minimum absolute atomic E-state index is 0.102. The van der Waals surface area contributed by atoms with Crippen LogP contribution in [0.1, 0.15) is 48.2 Å². The number of carbonyl (C=O) groups is 2. The maximum atomic E-state index is 12.6. The maximum Gasteiger partial charge on any atom is 0.253 e. The van der Waals surface area contributed by atoms with Gasteiger partial charge < -0.3 is 10.2 Å². The van der Waals surface area contributed by atoms with Gasteiger partial charge in [0.2, 0.25) is 0 Å². The van der Waals surface area contributed by atoms with Crippen LogP contribution in [0.2, 0.25) is 0 Å². The van der Waals surface area contributed by atoms with Crippen LogP contribution in [0.3, 0.4) is 0 Å². The highest BCUT2D eigenvalue weighted by Crippen LogP contribution is 2.22. The molecule has 1 aromatic rings. The van der Waals surface area contributed by atoms with Gasteiger partial charge in [-0.1, -0.05) is 19.9 Å². The Morgan fingerprint density at radius 3 is 2.55 bits per heavy atom. The summed E-state index contributed by atoms with van der Waals surface area (Å²) in [5.74, 6) is 0.352. The van der Waals surface area contributed by atoms with E-state index in [1.54, 1.807) is 0 Å². The van der Waals surface area contributed by atoms with Crippen molar-refractivity contribution in [2.75, 3.05) is 13.1 Å². The highest BCUT2D eigenvalue weighted by Gasteiger charge is 2.25. The number of likely N-dealkylation sites (tertiary alicyclic amines) is 1. The number of nitrogens with zero attached hydrogens (tertiary/aromatic N) is 1. The zero-order chi connectivity index (χ0) is 15.7. The van der Waals surface area contributed by atoms with Crippen molar-refractivity contribution in [2.24, 2.45) is 0 Å². The fourth-order valence-corrected chi connectivity index (χ4v) is 3.49. The van der Waals surface area contributed by atoms with Crippen LogP contribution < -0.4 is 5.32 Å². The topological polar surface area (TPSA) is 49.4 Å². The van der Waals surface area contributed by atoms with Crippen molar-refractivity contribution < 1.29 is 9.59 Å². The third kappa shape index (κ3) is 3.22. The number of rotatable bonds is 3. The molecule has 1 saturated heterocycles. The average Bonchev–Trinajstić information content (AvgIpc) is 2.85. The number of piperidine rings is 1. The lowest BCUT2D eigenvalue weighted by Crippen LogP contribution is -2.46. The lowest BCUT2D eigenvalue weighted by molar-refractivity contribution is -0.117. The molecule has 22 heavy (non-hydrogen) atoms. The number of hydrogen-bond donors (Lipinski definition) is 1. The molecule has 0 unspecified atom stereocenters. The molecule has 3 rings (SSSR count). The van der Waals surface area contributed by atoms with Gasteiger partial charge in [0, 0.05) is 43.6 Å². The minimum atomic E-state index is 0.102. The molecule has 1 aliphatic heterocycles. The first-order chi connectivity index (χ1) is 10.5. The highest BCUT2D eigenvalue weighted by molar-refractivity contribution is 5.96. The first kappa shape index (κ1) is 15.2. The van der Waals surface area contributed by atoms with E-state index in [-0.39, 0.29) is 11.7 Å². The fourth-order valence-electron chi connectivity index (χ4n) is 3.49. The number of amides is 1. The van der Waals surface area contributed by atoms with Gasteiger partial charge in [-0.05, 0) is 36.1 Å². The molecule has 4 nitrogen and oxygen atoms in total. The average molecular weight is 300 g/mol. The standard InChI is InChI=1S/C18H24N2O2/c1-12(2)19-16-5-7-20(8-6-16)18(22)14-4-3-13-10-17(21)11-15(13)9-14/h3-4,9,12,16,19H,5-8,10-11H2,1-2H3. The van der Waals surface area contributed by atoms with Crippen LogP contribution in [-0.4, -0.2) is 41.8 Å². The lowest BCUT2D eigenvalue weighted by Gasteiger charge is -2.33. The Kier molecular flexibility index (Phi) is 4.30. The maximum absolute atomic E-state index is 12.6. The molecule has 118 valence electrons. The normalized spacial score (nSPS) is 18.9. The summed E-state index contributed by atoms with van der Waals surface area (Å²) < 4.78 is 0. The van der Waals surface area contributed by atoms with E-state index in [4.69, 9.17) is 0 Å². The molecule has 1 aliphatic carbocycles. The number of benzene rings is 1. The number of hydrogen-bond acceptors (Lipinski definition) is 3. The largest absolute Gasteiger partial charge is 0.339 e. The van der Waals surface area contributed by atoms with E-state index >= 15 is 0 Å². The van der Waals surface area contributed by atoms with Crippen LogP contribution in [0.4, 0.5) is 0 Å². The molecular formula is C18H24N2O2. The Balaban J connectivity index is 1.63. The molecule has 0 saturated carbocycles. The van der Waals surface area contributed by atoms with Gasteiger partial charge in [0.05, 0.1) is 0 Å². The van der Waals surface area contributed by atoms with Crippen molar-refractivity contribution in [3.63, 3.8) is 0 Å². The molecule has 4 heteroatoms. The molecule has 0 radical (unpaired) electrons. The second-order valence-electron chi connectivity index (χ2n) is 6.76. The molecule has 1 aromatic carbocycles. The van der Waals surface area contributed by atoms with Gasteiger partial charge in [-0.3, -0.25) is 9.59 Å². The monoisotopic (exact) mass is 300 g/mol. The number of ketones is 1. The summed E-state index contributed by atoms with van der Waals surface area (Å²) >= 11 is 0. The molecule has 0 spiro atoms. The van der Waals surface area contributed by atoms with Crippen molar-refractivity contribution in [3.05, 3.63) is 34.9 Å². The van der Waals surface area contributed by atoms with E-state index < -0.39 is 0 Å². The summed E-state index contributed by atoms with van der Waals surface area (Å²) in [6, 6.07) is 6.74. The molecule has 2 aliphatic rings. The summed E-state index contributed by atoms with van der Waals surface area (Å²) in [5, 5.41) is 3.54. The zero-order valence-corrected chi connectivity index (χ0v) is 13.4. The number of Topliss-reactive ketones (excluding diaryl/α,β-unsaturated/α-hetero) is 1. The van der Waals surface area contributed by atoms with Gasteiger partial charge in [0.1, 0.15) is 5.78 Å². The second-order valence-corrected chi connectivity index (χ2v) is 6.76. The highest BCUT2D eigenvalue weighted by atomic mass is 16.2. The van der Waals surface area contributed by atoms with E-state index in [1.165, 1.54) is 0 Å². The molecule has 0 aromatic heterocycles. The Labute approximate surface area is 131 Å². The van der Waals surface area contributed by atoms with Gasteiger partial charge in [0.25, 0.3) is 5.91 Å². The van der Waals surface area contributed by atoms with Gasteiger partial charge in [-0.2, -0.15) is 0 Å². The van der Waals surface area contributed by atoms with Crippen LogP contribution >= 0.6 is 0 Å². The Hall–Kier alpha value is -1.68. The van der Waals surface area contributed by atoms with Gasteiger partial charge >= 0.3 is 0 Å². The van der Waals surface area contributed by atoms with Crippen LogP contribution in [0.5, 0.6) is 0 Å². The van der Waals surface area contributed by atoms with Crippen molar-refractivity contribution in [1.82, 2.24) is 10.2 Å². The molecule has 1 heterocycles. The second kappa shape index (κ2) is 6.21. The van der Waals surface area contributed by atoms with Crippen molar-refractivity contribution >= 4 is 11.7 Å². The third-order valence-corrected chi connectivity index (χ3v) is 4.58. The first-order valence-corrected chi connectivity index (χ1v) is 8.22. The van der Waals surface area contributed by atoms with Gasteiger partial charge in [0.15, 0.2) is 0 Å². The molecule has 1 fully saturated rings. The van der Waals surface area contributed by atoms with Crippen LogP contribution in [-0.2, 0) is 17.6 Å². The first-order valence-electron chi connectivity index (χ1n) is 8.22. The Morgan fingerprint density at radius 1 is 1.18 bits per heavy atom.